The fraction of sp³-hybridized carbons (Fsp3) is 0.0800. The van der Waals surface area contributed by atoms with Crippen LogP contribution in [0.2, 0.25) is 0 Å². The summed E-state index contributed by atoms with van der Waals surface area (Å²) < 4.78 is 5.93. The SMILES string of the molecule is Cc1cccc(N=Cc2c(Oc3ccc([N+](=O)[O-])cc3[N+](=O)[O-])ccc3ccccc23)c1C. The second kappa shape index (κ2) is 8.88. The third kappa shape index (κ3) is 4.40. The minimum atomic E-state index is -0.701. The molecule has 164 valence electrons. The van der Waals surface area contributed by atoms with Crippen LogP contribution < -0.4 is 4.74 Å². The van der Waals surface area contributed by atoms with Crippen molar-refractivity contribution in [2.24, 2.45) is 4.99 Å². The van der Waals surface area contributed by atoms with E-state index in [0.29, 0.717) is 11.3 Å². The molecule has 0 heterocycles. The van der Waals surface area contributed by atoms with Gasteiger partial charge in [0, 0.05) is 17.8 Å². The van der Waals surface area contributed by atoms with Gasteiger partial charge in [-0.1, -0.05) is 42.5 Å². The number of aliphatic imine (C=N–C) groups is 1. The normalized spacial score (nSPS) is 11.1. The van der Waals surface area contributed by atoms with E-state index in [1.807, 2.05) is 62.4 Å². The quantitative estimate of drug-likeness (QED) is 0.185. The van der Waals surface area contributed by atoms with Crippen LogP contribution in [0.15, 0.2) is 77.8 Å². The van der Waals surface area contributed by atoms with Gasteiger partial charge in [-0.05, 0) is 53.9 Å². The second-order valence-electron chi connectivity index (χ2n) is 7.44. The molecule has 0 spiro atoms. The van der Waals surface area contributed by atoms with Crippen molar-refractivity contribution in [1.82, 2.24) is 0 Å². The summed E-state index contributed by atoms with van der Waals surface area (Å²) in [5, 5.41) is 24.4. The minimum absolute atomic E-state index is 0.0951. The summed E-state index contributed by atoms with van der Waals surface area (Å²) in [6.45, 7) is 4.00. The molecule has 0 fully saturated rings. The summed E-state index contributed by atoms with van der Waals surface area (Å²) >= 11 is 0. The first-order chi connectivity index (χ1) is 15.8. The summed E-state index contributed by atoms with van der Waals surface area (Å²) in [4.78, 5) is 25.9. The van der Waals surface area contributed by atoms with Gasteiger partial charge in [-0.15, -0.1) is 0 Å². The highest BCUT2D eigenvalue weighted by molar-refractivity contribution is 6.03. The van der Waals surface area contributed by atoms with E-state index in [1.165, 1.54) is 12.1 Å². The zero-order chi connectivity index (χ0) is 23.5. The third-order valence-electron chi connectivity index (χ3n) is 5.41. The Hall–Kier alpha value is -4.59. The van der Waals surface area contributed by atoms with E-state index in [-0.39, 0.29) is 11.4 Å². The van der Waals surface area contributed by atoms with Crippen molar-refractivity contribution in [3.05, 3.63) is 110 Å². The summed E-state index contributed by atoms with van der Waals surface area (Å²) in [6.07, 6.45) is 1.68. The molecule has 0 radical (unpaired) electrons. The molecule has 0 bridgehead atoms. The van der Waals surface area contributed by atoms with E-state index < -0.39 is 15.5 Å². The van der Waals surface area contributed by atoms with Gasteiger partial charge in [0.25, 0.3) is 5.69 Å². The summed E-state index contributed by atoms with van der Waals surface area (Å²) in [7, 11) is 0. The highest BCUT2D eigenvalue weighted by Gasteiger charge is 2.22. The molecule has 0 aliphatic carbocycles. The van der Waals surface area contributed by atoms with E-state index in [9.17, 15) is 20.2 Å². The van der Waals surface area contributed by atoms with Crippen LogP contribution in [-0.4, -0.2) is 16.1 Å². The van der Waals surface area contributed by atoms with Gasteiger partial charge < -0.3 is 4.74 Å². The maximum absolute atomic E-state index is 11.5. The maximum atomic E-state index is 11.5. The van der Waals surface area contributed by atoms with E-state index in [0.717, 1.165) is 33.7 Å². The Balaban J connectivity index is 1.84. The fourth-order valence-electron chi connectivity index (χ4n) is 3.47. The van der Waals surface area contributed by atoms with Crippen LogP contribution in [0.25, 0.3) is 10.8 Å². The molecular weight excluding hydrogens is 422 g/mol. The zero-order valence-electron chi connectivity index (χ0n) is 17.9. The molecule has 0 amide bonds. The summed E-state index contributed by atoms with van der Waals surface area (Å²) in [5.74, 6) is 0.252. The van der Waals surface area contributed by atoms with Crippen molar-refractivity contribution in [1.29, 1.82) is 0 Å². The lowest BCUT2D eigenvalue weighted by atomic mass is 10.0. The van der Waals surface area contributed by atoms with Crippen LogP contribution in [0.3, 0.4) is 0 Å². The van der Waals surface area contributed by atoms with Crippen molar-refractivity contribution in [2.45, 2.75) is 13.8 Å². The van der Waals surface area contributed by atoms with Crippen LogP contribution in [0.4, 0.5) is 17.1 Å². The lowest BCUT2D eigenvalue weighted by Crippen LogP contribution is -1.98. The molecule has 0 saturated heterocycles. The number of fused-ring (bicyclic) bond motifs is 1. The third-order valence-corrected chi connectivity index (χ3v) is 5.41. The Labute approximate surface area is 189 Å². The molecule has 4 rings (SSSR count). The second-order valence-corrected chi connectivity index (χ2v) is 7.44. The smallest absolute Gasteiger partial charge is 0.318 e. The first kappa shape index (κ1) is 21.6. The minimum Gasteiger partial charge on any atom is -0.449 e. The van der Waals surface area contributed by atoms with Crippen LogP contribution in [0, 0.1) is 34.1 Å². The number of nitro groups is 2. The van der Waals surface area contributed by atoms with E-state index in [4.69, 9.17) is 4.74 Å². The van der Waals surface area contributed by atoms with Crippen molar-refractivity contribution >= 4 is 34.0 Å². The molecule has 4 aromatic rings. The van der Waals surface area contributed by atoms with Gasteiger partial charge in [-0.2, -0.15) is 0 Å². The largest absolute Gasteiger partial charge is 0.449 e. The standard InChI is InChI=1S/C25H19N3O5/c1-16-6-5-9-22(17(16)2)26-15-21-20-8-4-3-7-18(20)10-12-24(21)33-25-13-11-19(27(29)30)14-23(25)28(31)32/h3-15H,1-2H3. The summed E-state index contributed by atoms with van der Waals surface area (Å²) in [5.41, 5.74) is 2.72. The predicted molar refractivity (Wildman–Crippen MR) is 127 cm³/mol. The molecular formula is C25H19N3O5. The van der Waals surface area contributed by atoms with Crippen molar-refractivity contribution in [3.8, 4) is 11.5 Å². The molecule has 0 aliphatic heterocycles. The van der Waals surface area contributed by atoms with E-state index in [1.54, 1.807) is 12.3 Å². The maximum Gasteiger partial charge on any atom is 0.318 e. The molecule has 0 N–H and O–H groups in total. The van der Waals surface area contributed by atoms with Crippen molar-refractivity contribution < 1.29 is 14.6 Å². The number of nitrogens with zero attached hydrogens (tertiary/aromatic N) is 3. The van der Waals surface area contributed by atoms with Gasteiger partial charge in [-0.25, -0.2) is 0 Å². The molecule has 0 saturated carbocycles. The van der Waals surface area contributed by atoms with E-state index in [2.05, 4.69) is 4.99 Å². The number of hydrogen-bond donors (Lipinski definition) is 0. The average Bonchev–Trinajstić information content (AvgIpc) is 2.80. The lowest BCUT2D eigenvalue weighted by molar-refractivity contribution is -0.394. The Kier molecular flexibility index (Phi) is 5.82. The molecule has 0 atom stereocenters. The Morgan fingerprint density at radius 3 is 2.36 bits per heavy atom. The molecule has 0 aromatic heterocycles. The van der Waals surface area contributed by atoms with E-state index >= 15 is 0 Å². The highest BCUT2D eigenvalue weighted by atomic mass is 16.6. The number of rotatable bonds is 6. The fourth-order valence-corrected chi connectivity index (χ4v) is 3.47. The topological polar surface area (TPSA) is 108 Å². The molecule has 0 unspecified atom stereocenters. The van der Waals surface area contributed by atoms with Crippen molar-refractivity contribution in [3.63, 3.8) is 0 Å². The van der Waals surface area contributed by atoms with Crippen LogP contribution in [-0.2, 0) is 0 Å². The molecule has 8 nitrogen and oxygen atoms in total. The summed E-state index contributed by atoms with van der Waals surface area (Å²) in [6, 6.07) is 20.3. The zero-order valence-corrected chi connectivity index (χ0v) is 17.9. The Bertz CT molecular complexity index is 1430. The van der Waals surface area contributed by atoms with Gasteiger partial charge in [-0.3, -0.25) is 25.2 Å². The molecule has 0 aliphatic rings. The van der Waals surface area contributed by atoms with Gasteiger partial charge in [0.2, 0.25) is 5.75 Å². The van der Waals surface area contributed by atoms with Gasteiger partial charge in [0.1, 0.15) is 5.75 Å². The van der Waals surface area contributed by atoms with Crippen LogP contribution in [0.1, 0.15) is 16.7 Å². The number of aryl methyl sites for hydroxylation is 1. The van der Waals surface area contributed by atoms with Gasteiger partial charge in [0.15, 0.2) is 0 Å². The monoisotopic (exact) mass is 441 g/mol. The van der Waals surface area contributed by atoms with Gasteiger partial charge in [0.05, 0.1) is 21.6 Å². The Morgan fingerprint density at radius 1 is 0.848 bits per heavy atom. The number of nitro benzene ring substituents is 2. The van der Waals surface area contributed by atoms with Crippen LogP contribution >= 0.6 is 0 Å². The number of ether oxygens (including phenoxy) is 1. The lowest BCUT2D eigenvalue weighted by Gasteiger charge is -2.12. The van der Waals surface area contributed by atoms with Crippen molar-refractivity contribution in [2.75, 3.05) is 0 Å². The number of hydrogen-bond acceptors (Lipinski definition) is 6. The number of non-ortho nitro benzene ring substituents is 1. The first-order valence-electron chi connectivity index (χ1n) is 10.1. The van der Waals surface area contributed by atoms with Crippen LogP contribution in [0.5, 0.6) is 11.5 Å². The average molecular weight is 441 g/mol. The predicted octanol–water partition coefficient (Wildman–Crippen LogP) is 6.82. The first-order valence-corrected chi connectivity index (χ1v) is 10.1. The highest BCUT2D eigenvalue weighted by Crippen LogP contribution is 2.37. The van der Waals surface area contributed by atoms with Gasteiger partial charge >= 0.3 is 5.69 Å². The molecule has 8 heteroatoms. The molecule has 33 heavy (non-hydrogen) atoms. The number of benzene rings is 4. The Morgan fingerprint density at radius 2 is 1.61 bits per heavy atom. The molecule has 4 aromatic carbocycles.